The summed E-state index contributed by atoms with van der Waals surface area (Å²) in [4.78, 5) is 29.7. The Kier molecular flexibility index (Phi) is 8.15. The first-order chi connectivity index (χ1) is 20.0. The zero-order chi connectivity index (χ0) is 28.8. The molecule has 0 bridgehead atoms. The van der Waals surface area contributed by atoms with Crippen LogP contribution in [0.5, 0.6) is 0 Å². The fourth-order valence-corrected chi connectivity index (χ4v) is 5.41. The van der Waals surface area contributed by atoms with Gasteiger partial charge in [0.05, 0.1) is 11.6 Å². The van der Waals surface area contributed by atoms with Gasteiger partial charge in [-0.1, -0.05) is 78.9 Å². The van der Waals surface area contributed by atoms with Crippen LogP contribution in [0.4, 0.5) is 17.1 Å². The molecule has 2 N–H and O–H groups in total. The van der Waals surface area contributed by atoms with Gasteiger partial charge in [-0.3, -0.25) is 9.59 Å². The molecule has 0 fully saturated rings. The average Bonchev–Trinajstić information content (AvgIpc) is 3.26. The van der Waals surface area contributed by atoms with E-state index in [1.54, 1.807) is 0 Å². The van der Waals surface area contributed by atoms with Crippen LogP contribution in [-0.4, -0.2) is 36.3 Å². The number of nitrogens with one attached hydrogen (secondary N) is 2. The number of carbonyl (C=O) groups excluding carboxylic acids is 2. The molecule has 0 saturated carbocycles. The van der Waals surface area contributed by atoms with E-state index >= 15 is 0 Å². The van der Waals surface area contributed by atoms with E-state index in [4.69, 9.17) is 5.10 Å². The zero-order valence-electron chi connectivity index (χ0n) is 23.6. The lowest BCUT2D eigenvalue weighted by atomic mass is 9.81. The van der Waals surface area contributed by atoms with Gasteiger partial charge >= 0.3 is 0 Å². The Hall–Kier alpha value is -4.91. The van der Waals surface area contributed by atoms with Crippen LogP contribution >= 0.6 is 0 Å². The lowest BCUT2D eigenvalue weighted by Gasteiger charge is -2.35. The molecule has 1 aliphatic rings. The molecular formula is C34H35N5O2. The topological polar surface area (TPSA) is 77.0 Å². The van der Waals surface area contributed by atoms with Crippen LogP contribution in [0.25, 0.3) is 0 Å². The van der Waals surface area contributed by atoms with Crippen molar-refractivity contribution < 1.29 is 9.59 Å². The molecule has 5 rings (SSSR count). The zero-order valence-corrected chi connectivity index (χ0v) is 23.6. The van der Waals surface area contributed by atoms with Gasteiger partial charge in [-0.2, -0.15) is 10.1 Å². The van der Waals surface area contributed by atoms with Crippen molar-refractivity contribution in [3.05, 3.63) is 126 Å². The van der Waals surface area contributed by atoms with Crippen LogP contribution in [0.15, 0.2) is 120 Å². The maximum Gasteiger partial charge on any atom is 0.300 e. The standard InChI is InChI=1S/C34H35N5O2/c1-4-38(5-2)29-23-21-28(22-24-29)36-34(35-25(3)40)32(37-39(33(34)41)30-19-13-8-14-20-30)31(26-15-9-6-10-16-26)27-17-11-7-12-18-27/h6-24,31,36H,4-5H2,1-3H3,(H,35,40). The van der Waals surface area contributed by atoms with Gasteiger partial charge in [-0.25, -0.2) is 0 Å². The number of hydrogen-bond donors (Lipinski definition) is 2. The summed E-state index contributed by atoms with van der Waals surface area (Å²) in [5, 5.41) is 12.8. The van der Waals surface area contributed by atoms with E-state index in [1.165, 1.54) is 11.9 Å². The highest BCUT2D eigenvalue weighted by atomic mass is 16.2. The number of benzene rings is 4. The van der Waals surface area contributed by atoms with Gasteiger partial charge in [0.25, 0.3) is 5.91 Å². The summed E-state index contributed by atoms with van der Waals surface area (Å²) in [5.41, 5.74) is 3.12. The molecule has 0 aliphatic carbocycles. The summed E-state index contributed by atoms with van der Waals surface area (Å²) in [6, 6.07) is 37.1. The van der Waals surface area contributed by atoms with Gasteiger partial charge in [0.15, 0.2) is 0 Å². The van der Waals surface area contributed by atoms with Gasteiger partial charge in [0.1, 0.15) is 5.71 Å². The Bertz CT molecular complexity index is 1460. The molecule has 208 valence electrons. The summed E-state index contributed by atoms with van der Waals surface area (Å²) in [5.74, 6) is -1.17. The summed E-state index contributed by atoms with van der Waals surface area (Å²) in [7, 11) is 0. The first-order valence-electron chi connectivity index (χ1n) is 14.0. The van der Waals surface area contributed by atoms with Gasteiger partial charge in [0.2, 0.25) is 11.6 Å². The maximum absolute atomic E-state index is 14.5. The summed E-state index contributed by atoms with van der Waals surface area (Å²) < 4.78 is 0. The minimum atomic E-state index is -1.64. The van der Waals surface area contributed by atoms with Crippen molar-refractivity contribution >= 4 is 34.6 Å². The molecule has 4 aromatic rings. The third-order valence-corrected chi connectivity index (χ3v) is 7.34. The summed E-state index contributed by atoms with van der Waals surface area (Å²) in [6.45, 7) is 7.43. The lowest BCUT2D eigenvalue weighted by molar-refractivity contribution is -0.127. The third kappa shape index (κ3) is 5.57. The van der Waals surface area contributed by atoms with E-state index < -0.39 is 17.5 Å². The van der Waals surface area contributed by atoms with Crippen LogP contribution in [0, 0.1) is 0 Å². The van der Waals surface area contributed by atoms with Crippen LogP contribution < -0.4 is 20.5 Å². The minimum Gasteiger partial charge on any atom is -0.372 e. The van der Waals surface area contributed by atoms with E-state index in [9.17, 15) is 9.59 Å². The molecule has 0 spiro atoms. The van der Waals surface area contributed by atoms with E-state index in [-0.39, 0.29) is 5.91 Å². The Morgan fingerprint density at radius 2 is 1.32 bits per heavy atom. The van der Waals surface area contributed by atoms with Crippen molar-refractivity contribution in [3.8, 4) is 0 Å². The Labute approximate surface area is 241 Å². The number of hydrazone groups is 1. The van der Waals surface area contributed by atoms with E-state index in [0.29, 0.717) is 17.1 Å². The molecule has 1 heterocycles. The molecular weight excluding hydrogens is 510 g/mol. The van der Waals surface area contributed by atoms with Crippen LogP contribution in [-0.2, 0) is 9.59 Å². The third-order valence-electron chi connectivity index (χ3n) is 7.34. The fraction of sp³-hybridized carbons (Fsp3) is 0.206. The molecule has 1 aliphatic heterocycles. The van der Waals surface area contributed by atoms with Crippen molar-refractivity contribution in [2.75, 3.05) is 28.3 Å². The normalized spacial score (nSPS) is 16.4. The van der Waals surface area contributed by atoms with Crippen LogP contribution in [0.3, 0.4) is 0 Å². The van der Waals surface area contributed by atoms with Crippen molar-refractivity contribution in [1.29, 1.82) is 0 Å². The number of rotatable bonds is 10. The van der Waals surface area contributed by atoms with Gasteiger partial charge in [-0.05, 0) is 61.4 Å². The molecule has 1 unspecified atom stereocenters. The molecule has 41 heavy (non-hydrogen) atoms. The number of amides is 2. The smallest absolute Gasteiger partial charge is 0.300 e. The number of nitrogens with zero attached hydrogens (tertiary/aromatic N) is 3. The Morgan fingerprint density at radius 3 is 1.80 bits per heavy atom. The van der Waals surface area contributed by atoms with Gasteiger partial charge in [0, 0.05) is 31.4 Å². The Morgan fingerprint density at radius 1 is 0.805 bits per heavy atom. The highest BCUT2D eigenvalue weighted by Gasteiger charge is 2.55. The molecule has 2 amide bonds. The second kappa shape index (κ2) is 12.1. The molecule has 0 radical (unpaired) electrons. The second-order valence-electron chi connectivity index (χ2n) is 9.97. The SMILES string of the molecule is CCN(CC)c1ccc(NC2(NC(C)=O)C(=O)N(c3ccccc3)N=C2C(c2ccccc2)c2ccccc2)cc1. The molecule has 7 nitrogen and oxygen atoms in total. The molecule has 7 heteroatoms. The van der Waals surface area contributed by atoms with Gasteiger partial charge in [-0.15, -0.1) is 0 Å². The Balaban J connectivity index is 1.70. The predicted molar refractivity (Wildman–Crippen MR) is 166 cm³/mol. The quantitative estimate of drug-likeness (QED) is 0.239. The van der Waals surface area contributed by atoms with Gasteiger partial charge < -0.3 is 15.5 Å². The van der Waals surface area contributed by atoms with E-state index in [2.05, 4.69) is 29.4 Å². The van der Waals surface area contributed by atoms with Crippen molar-refractivity contribution in [2.24, 2.45) is 5.10 Å². The number of para-hydroxylation sites is 1. The van der Waals surface area contributed by atoms with Crippen molar-refractivity contribution in [2.45, 2.75) is 32.4 Å². The minimum absolute atomic E-state index is 0.354. The molecule has 0 aromatic heterocycles. The highest BCUT2D eigenvalue weighted by Crippen LogP contribution is 2.38. The second-order valence-corrected chi connectivity index (χ2v) is 9.97. The van der Waals surface area contributed by atoms with Crippen molar-refractivity contribution in [1.82, 2.24) is 5.32 Å². The lowest BCUT2D eigenvalue weighted by Crippen LogP contribution is -2.65. The molecule has 4 aromatic carbocycles. The largest absolute Gasteiger partial charge is 0.372 e. The van der Waals surface area contributed by atoms with Crippen molar-refractivity contribution in [3.63, 3.8) is 0 Å². The van der Waals surface area contributed by atoms with E-state index in [1.807, 2.05) is 115 Å². The number of hydrogen-bond acceptors (Lipinski definition) is 5. The number of anilines is 3. The fourth-order valence-electron chi connectivity index (χ4n) is 5.41. The predicted octanol–water partition coefficient (Wildman–Crippen LogP) is 6.01. The number of carbonyl (C=O) groups is 2. The molecule has 1 atom stereocenters. The first-order valence-corrected chi connectivity index (χ1v) is 14.0. The highest BCUT2D eigenvalue weighted by molar-refractivity contribution is 6.28. The maximum atomic E-state index is 14.5. The monoisotopic (exact) mass is 545 g/mol. The van der Waals surface area contributed by atoms with E-state index in [0.717, 1.165) is 29.9 Å². The van der Waals surface area contributed by atoms with Crippen LogP contribution in [0.2, 0.25) is 0 Å². The molecule has 0 saturated heterocycles. The van der Waals surface area contributed by atoms with Crippen LogP contribution in [0.1, 0.15) is 37.8 Å². The average molecular weight is 546 g/mol. The summed E-state index contributed by atoms with van der Waals surface area (Å²) >= 11 is 0. The summed E-state index contributed by atoms with van der Waals surface area (Å²) in [6.07, 6.45) is 0. The first kappa shape index (κ1) is 27.6.